The number of benzene rings is 1. The largest absolute Gasteiger partial charge is 0.417 e. The van der Waals surface area contributed by atoms with Gasteiger partial charge in [-0.3, -0.25) is 0 Å². The highest BCUT2D eigenvalue weighted by molar-refractivity contribution is 7.89. The highest BCUT2D eigenvalue weighted by atomic mass is 32.2. The molecule has 4 nitrogen and oxygen atoms in total. The van der Waals surface area contributed by atoms with E-state index in [4.69, 9.17) is 5.73 Å². The van der Waals surface area contributed by atoms with Crippen LogP contribution in [0.5, 0.6) is 0 Å². The third-order valence-electron chi connectivity index (χ3n) is 2.56. The normalized spacial score (nSPS) is 12.9. The molecular weight excluding hydrogens is 281 g/mol. The van der Waals surface area contributed by atoms with Crippen LogP contribution in [-0.4, -0.2) is 32.9 Å². The quantitative estimate of drug-likeness (QED) is 0.899. The molecule has 19 heavy (non-hydrogen) atoms. The van der Waals surface area contributed by atoms with Crippen molar-refractivity contribution in [3.8, 4) is 0 Å². The van der Waals surface area contributed by atoms with Crippen molar-refractivity contribution >= 4 is 10.0 Å². The second-order valence-corrected chi connectivity index (χ2v) is 5.98. The van der Waals surface area contributed by atoms with Crippen LogP contribution in [0.25, 0.3) is 0 Å². The van der Waals surface area contributed by atoms with Crippen LogP contribution in [0.4, 0.5) is 13.2 Å². The second-order valence-electron chi connectivity index (χ2n) is 3.96. The van der Waals surface area contributed by atoms with E-state index in [1.807, 2.05) is 0 Å². The van der Waals surface area contributed by atoms with Gasteiger partial charge >= 0.3 is 6.18 Å². The number of nitrogens with zero attached hydrogens (tertiary/aromatic N) is 1. The van der Waals surface area contributed by atoms with Crippen molar-refractivity contribution in [2.75, 3.05) is 20.1 Å². The standard InChI is InChI=1S/C11H15F3N2O2S/c1-16(8-4-7-15)19(17,18)10-6-3-2-5-9(10)11(12,13)14/h2-3,5-6H,4,7-8,15H2,1H3. The Kier molecular flexibility index (Phi) is 4.94. The first-order chi connectivity index (χ1) is 8.71. The molecule has 0 aliphatic rings. The molecule has 0 saturated carbocycles. The van der Waals surface area contributed by atoms with E-state index in [0.717, 1.165) is 22.5 Å². The lowest BCUT2D eigenvalue weighted by molar-refractivity contribution is -0.139. The molecule has 0 aliphatic carbocycles. The maximum Gasteiger partial charge on any atom is 0.417 e. The minimum Gasteiger partial charge on any atom is -0.330 e. The number of sulfonamides is 1. The molecule has 0 atom stereocenters. The molecule has 0 bridgehead atoms. The van der Waals surface area contributed by atoms with Crippen molar-refractivity contribution in [3.05, 3.63) is 29.8 Å². The Hall–Kier alpha value is -1.12. The van der Waals surface area contributed by atoms with E-state index in [9.17, 15) is 21.6 Å². The summed E-state index contributed by atoms with van der Waals surface area (Å²) >= 11 is 0. The van der Waals surface area contributed by atoms with E-state index >= 15 is 0 Å². The Morgan fingerprint density at radius 2 is 1.84 bits per heavy atom. The fraction of sp³-hybridized carbons (Fsp3) is 0.455. The summed E-state index contributed by atoms with van der Waals surface area (Å²) < 4.78 is 63.4. The molecule has 0 heterocycles. The summed E-state index contributed by atoms with van der Waals surface area (Å²) in [4.78, 5) is -0.734. The third kappa shape index (κ3) is 3.68. The van der Waals surface area contributed by atoms with Crippen molar-refractivity contribution in [3.63, 3.8) is 0 Å². The zero-order valence-electron chi connectivity index (χ0n) is 10.3. The van der Waals surface area contributed by atoms with Gasteiger partial charge in [0, 0.05) is 13.6 Å². The van der Waals surface area contributed by atoms with E-state index in [2.05, 4.69) is 0 Å². The predicted octanol–water partition coefficient (Wildman–Crippen LogP) is 1.67. The van der Waals surface area contributed by atoms with Gasteiger partial charge in [-0.05, 0) is 25.1 Å². The van der Waals surface area contributed by atoms with Gasteiger partial charge in [0.05, 0.1) is 10.5 Å². The van der Waals surface area contributed by atoms with Gasteiger partial charge in [-0.25, -0.2) is 12.7 Å². The lowest BCUT2D eigenvalue weighted by Gasteiger charge is -2.19. The van der Waals surface area contributed by atoms with Crippen molar-refractivity contribution in [1.82, 2.24) is 4.31 Å². The first kappa shape index (κ1) is 15.9. The van der Waals surface area contributed by atoms with Crippen LogP contribution >= 0.6 is 0 Å². The Bertz CT molecular complexity index is 529. The van der Waals surface area contributed by atoms with E-state index in [1.54, 1.807) is 0 Å². The fourth-order valence-corrected chi connectivity index (χ4v) is 2.95. The molecule has 1 rings (SSSR count). The minimum atomic E-state index is -4.71. The number of nitrogens with two attached hydrogens (primary N) is 1. The maximum absolute atomic E-state index is 12.8. The molecule has 8 heteroatoms. The fourth-order valence-electron chi connectivity index (χ4n) is 1.53. The number of hydrogen-bond acceptors (Lipinski definition) is 3. The summed E-state index contributed by atoms with van der Waals surface area (Å²) in [6, 6.07) is 4.13. The zero-order valence-corrected chi connectivity index (χ0v) is 11.1. The summed E-state index contributed by atoms with van der Waals surface area (Å²) in [6.45, 7) is 0.339. The van der Waals surface area contributed by atoms with Crippen LogP contribution in [0.3, 0.4) is 0 Å². The molecule has 0 aromatic heterocycles. The SMILES string of the molecule is CN(CCCN)S(=O)(=O)c1ccccc1C(F)(F)F. The average molecular weight is 296 g/mol. The van der Waals surface area contributed by atoms with Gasteiger partial charge in [0.25, 0.3) is 0 Å². The van der Waals surface area contributed by atoms with Gasteiger partial charge in [-0.2, -0.15) is 13.2 Å². The molecule has 0 radical (unpaired) electrons. The number of rotatable bonds is 5. The first-order valence-electron chi connectivity index (χ1n) is 5.54. The van der Waals surface area contributed by atoms with E-state index in [0.29, 0.717) is 6.42 Å². The molecule has 1 aromatic carbocycles. The van der Waals surface area contributed by atoms with E-state index in [1.165, 1.54) is 13.1 Å². The third-order valence-corrected chi connectivity index (χ3v) is 4.47. The van der Waals surface area contributed by atoms with Gasteiger partial charge in [-0.15, -0.1) is 0 Å². The van der Waals surface area contributed by atoms with Gasteiger partial charge in [-0.1, -0.05) is 12.1 Å². The van der Waals surface area contributed by atoms with Crippen LogP contribution in [0.2, 0.25) is 0 Å². The predicted molar refractivity (Wildman–Crippen MR) is 64.9 cm³/mol. The summed E-state index contributed by atoms with van der Waals surface area (Å²) in [5, 5.41) is 0. The van der Waals surface area contributed by atoms with Gasteiger partial charge in [0.1, 0.15) is 0 Å². The summed E-state index contributed by atoms with van der Waals surface area (Å²) in [6.07, 6.45) is -4.33. The number of halogens is 3. The summed E-state index contributed by atoms with van der Waals surface area (Å²) in [5.74, 6) is 0. The van der Waals surface area contributed by atoms with Crippen molar-refractivity contribution in [2.24, 2.45) is 5.73 Å². The smallest absolute Gasteiger partial charge is 0.330 e. The van der Waals surface area contributed by atoms with Gasteiger partial charge < -0.3 is 5.73 Å². The molecule has 108 valence electrons. The highest BCUT2D eigenvalue weighted by Crippen LogP contribution is 2.34. The molecule has 0 saturated heterocycles. The molecular formula is C11H15F3N2O2S. The van der Waals surface area contributed by atoms with E-state index < -0.39 is 26.7 Å². The van der Waals surface area contributed by atoms with Crippen LogP contribution in [0, 0.1) is 0 Å². The Morgan fingerprint density at radius 3 is 2.37 bits per heavy atom. The van der Waals surface area contributed by atoms with Crippen LogP contribution in [-0.2, 0) is 16.2 Å². The second kappa shape index (κ2) is 5.89. The number of hydrogen-bond donors (Lipinski definition) is 1. The Labute approximate surface area is 110 Å². The van der Waals surface area contributed by atoms with Crippen molar-refractivity contribution < 1.29 is 21.6 Å². The molecule has 0 unspecified atom stereocenters. The lowest BCUT2D eigenvalue weighted by Crippen LogP contribution is -2.30. The Morgan fingerprint density at radius 1 is 1.26 bits per heavy atom. The molecule has 0 fully saturated rings. The molecule has 0 amide bonds. The molecule has 2 N–H and O–H groups in total. The van der Waals surface area contributed by atoms with Crippen molar-refractivity contribution in [1.29, 1.82) is 0 Å². The zero-order chi connectivity index (χ0) is 14.7. The highest BCUT2D eigenvalue weighted by Gasteiger charge is 2.37. The van der Waals surface area contributed by atoms with E-state index in [-0.39, 0.29) is 13.1 Å². The molecule has 0 aliphatic heterocycles. The average Bonchev–Trinajstić information content (AvgIpc) is 2.34. The molecule has 1 aromatic rings. The van der Waals surface area contributed by atoms with Gasteiger partial charge in [0.2, 0.25) is 10.0 Å². The topological polar surface area (TPSA) is 63.4 Å². The first-order valence-corrected chi connectivity index (χ1v) is 6.98. The van der Waals surface area contributed by atoms with Crippen LogP contribution in [0.15, 0.2) is 29.2 Å². The molecule has 0 spiro atoms. The number of alkyl halides is 3. The monoisotopic (exact) mass is 296 g/mol. The van der Waals surface area contributed by atoms with Crippen LogP contribution < -0.4 is 5.73 Å². The lowest BCUT2D eigenvalue weighted by atomic mass is 10.2. The van der Waals surface area contributed by atoms with Crippen molar-refractivity contribution in [2.45, 2.75) is 17.5 Å². The van der Waals surface area contributed by atoms with Gasteiger partial charge in [0.15, 0.2) is 0 Å². The minimum absolute atomic E-state index is 0.0744. The van der Waals surface area contributed by atoms with Crippen LogP contribution in [0.1, 0.15) is 12.0 Å². The summed E-state index contributed by atoms with van der Waals surface area (Å²) in [7, 11) is -2.93. The summed E-state index contributed by atoms with van der Waals surface area (Å²) in [5.41, 5.74) is 4.10. The Balaban J connectivity index is 3.22. The maximum atomic E-state index is 12.8.